The molecule has 0 aliphatic rings. The van der Waals surface area contributed by atoms with E-state index in [9.17, 15) is 4.79 Å². The van der Waals surface area contributed by atoms with Gasteiger partial charge in [0.25, 0.3) is 5.91 Å². The smallest absolute Gasteiger partial charge is 0.257 e. The average molecular weight is 314 g/mol. The highest BCUT2D eigenvalue weighted by molar-refractivity contribution is 5.95. The van der Waals surface area contributed by atoms with Crippen molar-refractivity contribution in [3.05, 3.63) is 47.8 Å². The van der Waals surface area contributed by atoms with Crippen LogP contribution in [0.15, 0.2) is 36.5 Å². The van der Waals surface area contributed by atoms with Crippen molar-refractivity contribution in [1.82, 2.24) is 20.0 Å². The van der Waals surface area contributed by atoms with Gasteiger partial charge in [0.1, 0.15) is 0 Å². The van der Waals surface area contributed by atoms with Crippen LogP contribution in [0.2, 0.25) is 0 Å². The third kappa shape index (κ3) is 3.99. The minimum Gasteiger partial charge on any atom is -0.340 e. The topological polar surface area (TPSA) is 50.2 Å². The fourth-order valence-electron chi connectivity index (χ4n) is 2.38. The number of carbonyl (C=O) groups is 1. The number of likely N-dealkylation sites (N-methyl/N-ethyl adjacent to an activating group) is 2. The molecule has 1 aromatic heterocycles. The first kappa shape index (κ1) is 17.2. The molecule has 0 fully saturated rings. The van der Waals surface area contributed by atoms with Gasteiger partial charge in [-0.05, 0) is 19.2 Å². The first-order chi connectivity index (χ1) is 10.8. The molecule has 0 unspecified atom stereocenters. The molecule has 0 bridgehead atoms. The molecule has 5 nitrogen and oxygen atoms in total. The maximum absolute atomic E-state index is 12.8. The van der Waals surface area contributed by atoms with Crippen LogP contribution in [0.1, 0.15) is 36.8 Å². The van der Waals surface area contributed by atoms with Gasteiger partial charge in [-0.3, -0.25) is 4.79 Å². The molecule has 2 rings (SSSR count). The van der Waals surface area contributed by atoms with Crippen molar-refractivity contribution in [2.24, 2.45) is 0 Å². The summed E-state index contributed by atoms with van der Waals surface area (Å²) in [5, 5.41) is 7.76. The predicted molar refractivity (Wildman–Crippen MR) is 93.2 cm³/mol. The van der Waals surface area contributed by atoms with Gasteiger partial charge in [0.2, 0.25) is 0 Å². The lowest BCUT2D eigenvalue weighted by Gasteiger charge is -2.20. The zero-order chi connectivity index (χ0) is 17.0. The van der Waals surface area contributed by atoms with Crippen LogP contribution in [0.3, 0.4) is 0 Å². The monoisotopic (exact) mass is 314 g/mol. The van der Waals surface area contributed by atoms with Gasteiger partial charge < -0.3 is 10.2 Å². The van der Waals surface area contributed by atoms with Crippen LogP contribution in [0.25, 0.3) is 5.69 Å². The lowest BCUT2D eigenvalue weighted by atomic mass is 9.89. The number of aromatic nitrogens is 2. The van der Waals surface area contributed by atoms with E-state index in [1.54, 1.807) is 9.58 Å². The first-order valence-corrected chi connectivity index (χ1v) is 7.90. The van der Waals surface area contributed by atoms with E-state index < -0.39 is 0 Å². The Hall–Kier alpha value is -2.14. The number of nitrogens with one attached hydrogen (secondary N) is 1. The highest BCUT2D eigenvalue weighted by Crippen LogP contribution is 2.26. The molecule has 1 N–H and O–H groups in total. The molecule has 0 spiro atoms. The summed E-state index contributed by atoms with van der Waals surface area (Å²) in [5.74, 6) is 0.00681. The van der Waals surface area contributed by atoms with E-state index in [4.69, 9.17) is 0 Å². The standard InChI is InChI=1S/C18H26N4O/c1-18(2,3)16-15(17(23)21(5)12-11-19-4)13-22(20-16)14-9-7-6-8-10-14/h6-10,13,19H,11-12H2,1-5H3. The summed E-state index contributed by atoms with van der Waals surface area (Å²) < 4.78 is 1.79. The molecule has 23 heavy (non-hydrogen) atoms. The molecule has 0 aliphatic heterocycles. The highest BCUT2D eigenvalue weighted by atomic mass is 16.2. The summed E-state index contributed by atoms with van der Waals surface area (Å²) in [4.78, 5) is 14.5. The molecule has 0 radical (unpaired) electrons. The second kappa shape index (κ2) is 6.96. The number of amides is 1. The first-order valence-electron chi connectivity index (χ1n) is 7.90. The molecule has 2 aromatic rings. The van der Waals surface area contributed by atoms with E-state index in [1.807, 2.05) is 50.6 Å². The fourth-order valence-corrected chi connectivity index (χ4v) is 2.38. The van der Waals surface area contributed by atoms with Gasteiger partial charge in [-0.1, -0.05) is 39.0 Å². The van der Waals surface area contributed by atoms with Crippen LogP contribution in [-0.4, -0.2) is 47.8 Å². The molecule has 1 aromatic carbocycles. The molecular weight excluding hydrogens is 288 g/mol. The van der Waals surface area contributed by atoms with E-state index in [1.165, 1.54) is 0 Å². The van der Waals surface area contributed by atoms with Crippen LogP contribution in [0.5, 0.6) is 0 Å². The van der Waals surface area contributed by atoms with Crippen molar-refractivity contribution >= 4 is 5.91 Å². The maximum atomic E-state index is 12.8. The summed E-state index contributed by atoms with van der Waals surface area (Å²) in [5.41, 5.74) is 2.24. The average Bonchev–Trinajstić information content (AvgIpc) is 2.98. The van der Waals surface area contributed by atoms with Gasteiger partial charge in [-0.25, -0.2) is 4.68 Å². The summed E-state index contributed by atoms with van der Waals surface area (Å²) in [6.07, 6.45) is 1.84. The number of rotatable bonds is 5. The Morgan fingerprint density at radius 1 is 1.26 bits per heavy atom. The van der Waals surface area contributed by atoms with E-state index in [0.717, 1.165) is 17.9 Å². The van der Waals surface area contributed by atoms with Crippen molar-refractivity contribution < 1.29 is 4.79 Å². The number of hydrogen-bond donors (Lipinski definition) is 1. The highest BCUT2D eigenvalue weighted by Gasteiger charge is 2.27. The van der Waals surface area contributed by atoms with Crippen molar-refractivity contribution in [2.75, 3.05) is 27.2 Å². The Morgan fingerprint density at radius 2 is 1.91 bits per heavy atom. The van der Waals surface area contributed by atoms with Gasteiger partial charge in [-0.15, -0.1) is 0 Å². The molecule has 5 heteroatoms. The van der Waals surface area contributed by atoms with Crippen molar-refractivity contribution in [3.63, 3.8) is 0 Å². The van der Waals surface area contributed by atoms with Crippen molar-refractivity contribution in [1.29, 1.82) is 0 Å². The van der Waals surface area contributed by atoms with Gasteiger partial charge in [0, 0.05) is 31.7 Å². The zero-order valence-electron chi connectivity index (χ0n) is 14.6. The third-order valence-electron chi connectivity index (χ3n) is 3.72. The lowest BCUT2D eigenvalue weighted by Crippen LogP contribution is -2.34. The van der Waals surface area contributed by atoms with E-state index in [-0.39, 0.29) is 11.3 Å². The molecule has 1 amide bonds. The van der Waals surface area contributed by atoms with Crippen LogP contribution in [0.4, 0.5) is 0 Å². The van der Waals surface area contributed by atoms with Gasteiger partial charge in [-0.2, -0.15) is 5.10 Å². The normalized spacial score (nSPS) is 11.5. The second-order valence-corrected chi connectivity index (χ2v) is 6.75. The SMILES string of the molecule is CNCCN(C)C(=O)c1cn(-c2ccccc2)nc1C(C)(C)C. The van der Waals surface area contributed by atoms with Crippen LogP contribution >= 0.6 is 0 Å². The number of para-hydroxylation sites is 1. The van der Waals surface area contributed by atoms with Gasteiger partial charge in [0.05, 0.1) is 16.9 Å². The quantitative estimate of drug-likeness (QED) is 0.922. The van der Waals surface area contributed by atoms with Gasteiger partial charge >= 0.3 is 0 Å². The summed E-state index contributed by atoms with van der Waals surface area (Å²) in [6, 6.07) is 9.87. The number of hydrogen-bond acceptors (Lipinski definition) is 3. The molecule has 0 atom stereocenters. The Labute approximate surface area is 138 Å². The zero-order valence-corrected chi connectivity index (χ0v) is 14.6. The number of benzene rings is 1. The molecule has 0 saturated carbocycles. The van der Waals surface area contributed by atoms with E-state index in [2.05, 4.69) is 31.2 Å². The summed E-state index contributed by atoms with van der Waals surface area (Å²) >= 11 is 0. The van der Waals surface area contributed by atoms with Crippen LogP contribution in [-0.2, 0) is 5.41 Å². The fraction of sp³-hybridized carbons (Fsp3) is 0.444. The minimum atomic E-state index is -0.200. The maximum Gasteiger partial charge on any atom is 0.257 e. The second-order valence-electron chi connectivity index (χ2n) is 6.75. The Bertz CT molecular complexity index is 655. The number of nitrogens with zero attached hydrogens (tertiary/aromatic N) is 3. The van der Waals surface area contributed by atoms with Crippen molar-refractivity contribution in [2.45, 2.75) is 26.2 Å². The summed E-state index contributed by atoms with van der Waals surface area (Å²) in [7, 11) is 3.71. The Kier molecular flexibility index (Phi) is 5.21. The van der Waals surface area contributed by atoms with E-state index >= 15 is 0 Å². The van der Waals surface area contributed by atoms with Crippen LogP contribution < -0.4 is 5.32 Å². The summed E-state index contributed by atoms with van der Waals surface area (Å²) in [6.45, 7) is 7.66. The van der Waals surface area contributed by atoms with Crippen LogP contribution in [0, 0.1) is 0 Å². The number of carbonyl (C=O) groups excluding carboxylic acids is 1. The predicted octanol–water partition coefficient (Wildman–Crippen LogP) is 2.46. The van der Waals surface area contributed by atoms with Crippen molar-refractivity contribution in [3.8, 4) is 5.69 Å². The van der Waals surface area contributed by atoms with E-state index in [0.29, 0.717) is 12.1 Å². The molecular formula is C18H26N4O. The third-order valence-corrected chi connectivity index (χ3v) is 3.72. The molecule has 0 aliphatic carbocycles. The molecule has 1 heterocycles. The minimum absolute atomic E-state index is 0.00681. The van der Waals surface area contributed by atoms with Gasteiger partial charge in [0.15, 0.2) is 0 Å². The Balaban J connectivity index is 2.41. The largest absolute Gasteiger partial charge is 0.340 e. The molecule has 124 valence electrons. The molecule has 0 saturated heterocycles. The Morgan fingerprint density at radius 3 is 2.48 bits per heavy atom. The lowest BCUT2D eigenvalue weighted by molar-refractivity contribution is 0.0794.